The fourth-order valence-electron chi connectivity index (χ4n) is 8.15. The second-order valence-electron chi connectivity index (χ2n) is 14.0. The van der Waals surface area contributed by atoms with E-state index in [1.807, 2.05) is 19.9 Å². The Bertz CT molecular complexity index is 1020. The Kier molecular flexibility index (Phi) is 12.3. The molecule has 4 aliphatic rings. The summed E-state index contributed by atoms with van der Waals surface area (Å²) in [7, 11) is 0. The second kappa shape index (κ2) is 15.0. The van der Waals surface area contributed by atoms with Crippen molar-refractivity contribution in [1.29, 1.82) is 0 Å². The summed E-state index contributed by atoms with van der Waals surface area (Å²) in [5.41, 5.74) is 1.31. The quantitative estimate of drug-likeness (QED) is 0.124. The Balaban J connectivity index is 1.39. The molecule has 0 bridgehead atoms. The maximum Gasteiger partial charge on any atom is 0.187 e. The minimum Gasteiger partial charge on any atom is -0.394 e. The molecule has 2 heterocycles. The van der Waals surface area contributed by atoms with Gasteiger partial charge in [0.05, 0.1) is 32.5 Å². The molecule has 9 N–H and O–H groups in total. The number of aliphatic hydroxyl groups excluding tert-OH is 9. The van der Waals surface area contributed by atoms with Gasteiger partial charge in [-0.1, -0.05) is 37.6 Å². The highest BCUT2D eigenvalue weighted by Gasteiger charge is 2.58. The molecule has 4 rings (SSSR count). The number of rotatable bonds is 11. The van der Waals surface area contributed by atoms with Crippen LogP contribution in [0.5, 0.6) is 0 Å². The van der Waals surface area contributed by atoms with E-state index in [1.54, 1.807) is 0 Å². The molecule has 260 valence electrons. The van der Waals surface area contributed by atoms with Crippen LogP contribution in [-0.2, 0) is 18.9 Å². The Labute approximate surface area is 264 Å². The van der Waals surface area contributed by atoms with Crippen molar-refractivity contribution in [1.82, 2.24) is 0 Å². The van der Waals surface area contributed by atoms with Gasteiger partial charge in [-0.05, 0) is 62.7 Å². The number of hydrogen-bond donors (Lipinski definition) is 9. The molecule has 2 aliphatic heterocycles. The molecule has 0 radical (unpaired) electrons. The van der Waals surface area contributed by atoms with Crippen molar-refractivity contribution in [3.63, 3.8) is 0 Å². The topological polar surface area (TPSA) is 219 Å². The van der Waals surface area contributed by atoms with Gasteiger partial charge in [0.2, 0.25) is 0 Å². The summed E-state index contributed by atoms with van der Waals surface area (Å²) in [5.74, 6) is 0.206. The summed E-state index contributed by atoms with van der Waals surface area (Å²) < 4.78 is 22.6. The molecule has 2 saturated carbocycles. The van der Waals surface area contributed by atoms with Crippen LogP contribution in [0.25, 0.3) is 0 Å². The van der Waals surface area contributed by atoms with Crippen LogP contribution in [-0.4, -0.2) is 140 Å². The first-order valence-corrected chi connectivity index (χ1v) is 16.0. The van der Waals surface area contributed by atoms with Crippen LogP contribution in [0.15, 0.2) is 23.8 Å². The summed E-state index contributed by atoms with van der Waals surface area (Å²) in [6, 6.07) is 0. The smallest absolute Gasteiger partial charge is 0.187 e. The first-order valence-electron chi connectivity index (χ1n) is 16.0. The number of fused-ring (bicyclic) bond motifs is 1. The van der Waals surface area contributed by atoms with Crippen LogP contribution in [0.4, 0.5) is 0 Å². The maximum atomic E-state index is 11.3. The minimum atomic E-state index is -1.54. The molecule has 13 nitrogen and oxygen atoms in total. The van der Waals surface area contributed by atoms with Crippen LogP contribution in [0, 0.1) is 22.7 Å². The Hall–Kier alpha value is -1.04. The van der Waals surface area contributed by atoms with Crippen molar-refractivity contribution in [2.24, 2.45) is 22.7 Å². The van der Waals surface area contributed by atoms with Crippen molar-refractivity contribution in [3.05, 3.63) is 23.8 Å². The third-order valence-corrected chi connectivity index (χ3v) is 11.1. The summed E-state index contributed by atoms with van der Waals surface area (Å²) >= 11 is 0. The van der Waals surface area contributed by atoms with Crippen molar-refractivity contribution < 1.29 is 64.9 Å². The predicted octanol–water partition coefficient (Wildman–Crippen LogP) is -0.904. The lowest BCUT2D eigenvalue weighted by atomic mass is 9.46. The third-order valence-electron chi connectivity index (χ3n) is 11.1. The number of allylic oxidation sites excluding steroid dienone is 2. The Morgan fingerprint density at radius 1 is 0.844 bits per heavy atom. The van der Waals surface area contributed by atoms with Gasteiger partial charge in [-0.25, -0.2) is 0 Å². The van der Waals surface area contributed by atoms with Gasteiger partial charge in [-0.15, -0.1) is 0 Å². The second-order valence-corrected chi connectivity index (χ2v) is 14.0. The van der Waals surface area contributed by atoms with Crippen LogP contribution in [0.2, 0.25) is 0 Å². The highest BCUT2D eigenvalue weighted by atomic mass is 16.7. The first-order chi connectivity index (χ1) is 21.2. The molecule has 2 aliphatic carbocycles. The van der Waals surface area contributed by atoms with Gasteiger partial charge in [0, 0.05) is 5.41 Å². The molecule has 1 unspecified atom stereocenters. The lowest BCUT2D eigenvalue weighted by Crippen LogP contribution is -2.61. The summed E-state index contributed by atoms with van der Waals surface area (Å²) in [6.45, 7) is 9.69. The predicted molar refractivity (Wildman–Crippen MR) is 159 cm³/mol. The molecule has 0 spiro atoms. The van der Waals surface area contributed by atoms with E-state index in [0.29, 0.717) is 6.42 Å². The first kappa shape index (κ1) is 36.8. The SMILES string of the molecule is C=C1CC[C@@H]2[C@](C)(CCC(O)[C@@]2(C)CO[C@@H]2O[C@H](CO)[C@@H](O)[C@H](O)[C@H]2O)[C@H]1CC/C(C)=C/CO[C@@H]1O[C@H](CO)[C@@H](O)[C@H](O)[C@H]1O. The van der Waals surface area contributed by atoms with Gasteiger partial charge in [0.25, 0.3) is 0 Å². The van der Waals surface area contributed by atoms with Gasteiger partial charge >= 0.3 is 0 Å². The summed E-state index contributed by atoms with van der Waals surface area (Å²) in [6.07, 6.45) is -7.84. The van der Waals surface area contributed by atoms with E-state index in [1.165, 1.54) is 0 Å². The molecule has 45 heavy (non-hydrogen) atoms. The number of aliphatic hydroxyl groups is 9. The lowest BCUT2D eigenvalue weighted by Gasteiger charge is -2.60. The molecular weight excluding hydrogens is 592 g/mol. The minimum absolute atomic E-state index is 0.0462. The van der Waals surface area contributed by atoms with Crippen LogP contribution < -0.4 is 0 Å². The third kappa shape index (κ3) is 7.36. The van der Waals surface area contributed by atoms with Gasteiger partial charge in [0.15, 0.2) is 12.6 Å². The standard InChI is InChI=1S/C32H54O13/c1-16(10-12-42-29-27(40)25(38)23(36)19(13-33)44-29)5-7-18-17(2)6-8-21-31(18,3)11-9-22(35)32(21,4)15-43-30-28(41)26(39)24(37)20(14-34)45-30/h10,18-30,33-41H,2,5-9,11-15H2,1,3-4H3/b16-10+/t18-,19+,20+,21+,22?,23+,24+,25-,26-,27+,28+,29+,30+,31+,32-/m0/s1. The van der Waals surface area contributed by atoms with Crippen molar-refractivity contribution >= 4 is 0 Å². The van der Waals surface area contributed by atoms with E-state index in [4.69, 9.17) is 18.9 Å². The molecule has 0 amide bonds. The molecule has 15 atom stereocenters. The monoisotopic (exact) mass is 646 g/mol. The van der Waals surface area contributed by atoms with Crippen molar-refractivity contribution in [2.45, 2.75) is 127 Å². The van der Waals surface area contributed by atoms with E-state index in [2.05, 4.69) is 13.5 Å². The van der Waals surface area contributed by atoms with E-state index >= 15 is 0 Å². The zero-order chi connectivity index (χ0) is 33.3. The van der Waals surface area contributed by atoms with Gasteiger partial charge in [-0.2, -0.15) is 0 Å². The zero-order valence-corrected chi connectivity index (χ0v) is 26.5. The van der Waals surface area contributed by atoms with E-state index < -0.39 is 86.1 Å². The molecule has 4 fully saturated rings. The largest absolute Gasteiger partial charge is 0.394 e. The van der Waals surface area contributed by atoms with Crippen molar-refractivity contribution in [2.75, 3.05) is 26.4 Å². The Morgan fingerprint density at radius 3 is 1.96 bits per heavy atom. The number of ether oxygens (including phenoxy) is 4. The van der Waals surface area contributed by atoms with Crippen LogP contribution >= 0.6 is 0 Å². The van der Waals surface area contributed by atoms with Crippen molar-refractivity contribution in [3.8, 4) is 0 Å². The highest BCUT2D eigenvalue weighted by molar-refractivity contribution is 5.18. The van der Waals surface area contributed by atoms with E-state index in [-0.39, 0.29) is 30.5 Å². The van der Waals surface area contributed by atoms with E-state index in [9.17, 15) is 46.0 Å². The van der Waals surface area contributed by atoms with Crippen LogP contribution in [0.1, 0.15) is 59.3 Å². The summed E-state index contributed by atoms with van der Waals surface area (Å²) in [4.78, 5) is 0. The Morgan fingerprint density at radius 2 is 1.40 bits per heavy atom. The fourth-order valence-corrected chi connectivity index (χ4v) is 8.15. The highest BCUT2D eigenvalue weighted by Crippen LogP contribution is 2.62. The van der Waals surface area contributed by atoms with E-state index in [0.717, 1.165) is 43.3 Å². The molecular formula is C32H54O13. The maximum absolute atomic E-state index is 11.3. The number of hydrogen-bond acceptors (Lipinski definition) is 13. The van der Waals surface area contributed by atoms with Crippen LogP contribution in [0.3, 0.4) is 0 Å². The fraction of sp³-hybridized carbons (Fsp3) is 0.875. The molecule has 0 aromatic heterocycles. The average molecular weight is 647 g/mol. The molecule has 13 heteroatoms. The molecule has 0 aromatic carbocycles. The summed E-state index contributed by atoms with van der Waals surface area (Å²) in [5, 5.41) is 91.2. The molecule has 2 saturated heterocycles. The van der Waals surface area contributed by atoms with Gasteiger partial charge < -0.3 is 64.9 Å². The van der Waals surface area contributed by atoms with Gasteiger partial charge in [0.1, 0.15) is 48.8 Å². The average Bonchev–Trinajstić information content (AvgIpc) is 3.01. The zero-order valence-electron chi connectivity index (χ0n) is 26.5. The normalized spacial score (nSPS) is 47.9. The van der Waals surface area contributed by atoms with Gasteiger partial charge in [-0.3, -0.25) is 0 Å². The lowest BCUT2D eigenvalue weighted by molar-refractivity contribution is -0.313. The molecule has 0 aromatic rings.